The topological polar surface area (TPSA) is 172 Å². The molecule has 0 fully saturated rings. The van der Waals surface area contributed by atoms with Gasteiger partial charge in [0.15, 0.2) is 0 Å². The van der Waals surface area contributed by atoms with E-state index in [4.69, 9.17) is 5.73 Å². The first-order valence-corrected chi connectivity index (χ1v) is 12.8. The monoisotopic (exact) mass is 527 g/mol. The van der Waals surface area contributed by atoms with E-state index in [1.165, 1.54) is 21.8 Å². The lowest BCUT2D eigenvalue weighted by Gasteiger charge is -2.12. The second kappa shape index (κ2) is 14.4. The van der Waals surface area contributed by atoms with Crippen LogP contribution in [0.1, 0.15) is 49.4 Å². The van der Waals surface area contributed by atoms with Crippen LogP contribution in [0.25, 0.3) is 0 Å². The Morgan fingerprint density at radius 3 is 1.56 bits per heavy atom. The van der Waals surface area contributed by atoms with E-state index >= 15 is 0 Å². The lowest BCUT2D eigenvalue weighted by atomic mass is 10.4. The summed E-state index contributed by atoms with van der Waals surface area (Å²) in [5.41, 5.74) is 3.53. The molecule has 2 amide bonds. The van der Waals surface area contributed by atoms with Crippen molar-refractivity contribution >= 4 is 29.3 Å². The number of nitrogens with zero attached hydrogens (tertiary/aromatic N) is 4. The Bertz CT molecular complexity index is 1270. The maximum Gasteiger partial charge on any atom is 0.334 e. The first-order chi connectivity index (χ1) is 15.6. The molecule has 0 aliphatic heterocycles. The van der Waals surface area contributed by atoms with Gasteiger partial charge in [-0.1, -0.05) is 7.43 Å². The van der Waals surface area contributed by atoms with Gasteiger partial charge in [0.05, 0.1) is 6.67 Å². The molecule has 2 unspecified atom stereocenters. The minimum absolute atomic E-state index is 0. The van der Waals surface area contributed by atoms with Crippen LogP contribution in [0.5, 0.6) is 0 Å². The van der Waals surface area contributed by atoms with Gasteiger partial charge in [0.25, 0.3) is 22.9 Å². The van der Waals surface area contributed by atoms with Gasteiger partial charge in [-0.05, 0) is 44.6 Å². The molecule has 0 aromatic carbocycles. The first kappa shape index (κ1) is 31.1. The van der Waals surface area contributed by atoms with Gasteiger partial charge in [-0.2, -0.15) is 0 Å². The van der Waals surface area contributed by atoms with E-state index in [9.17, 15) is 28.8 Å². The van der Waals surface area contributed by atoms with Crippen molar-refractivity contribution in [3.05, 3.63) is 65.2 Å². The standard InChI is InChI=1S/C9H15N4O3P.C9H14N3O3P.CH4.5H2/c1-3-12-7(14)4-6(8(15)11-5-10)13(17-2)9(12)16;1-4-11-7(13)5-6(8(14)10-2)12(16-3)9(11)15;;;;;;/h4,17H,3,5,10H2,1-2H3,(H,11,15);5,16H,4H2,1-3H3,(H,10,14);1H4;5*1H. The zero-order valence-electron chi connectivity index (χ0n) is 19.1. The molecule has 2 atom stereocenters. The van der Waals surface area contributed by atoms with Gasteiger partial charge in [-0.15, -0.1) is 0 Å². The van der Waals surface area contributed by atoms with Gasteiger partial charge in [0.2, 0.25) is 0 Å². The van der Waals surface area contributed by atoms with Gasteiger partial charge in [-0.25, -0.2) is 9.59 Å². The fourth-order valence-corrected chi connectivity index (χ4v) is 4.25. The number of aromatic nitrogens is 4. The maximum atomic E-state index is 11.9. The zero-order chi connectivity index (χ0) is 25.3. The fraction of sp³-hybridized carbons (Fsp3) is 0.474. The SMILES string of the molecule is C.CCn1c(=O)cc(C(=O)NC)n(PC)c1=O.CCn1c(=O)cc(C(=O)NCN)n(PC)c1=O.[HH].[HH].[HH].[HH].[HH]. The number of carbonyl (C=O) groups is 2. The van der Waals surface area contributed by atoms with Gasteiger partial charge in [0, 0.05) is 39.4 Å². The molecule has 4 N–H and O–H groups in total. The summed E-state index contributed by atoms with van der Waals surface area (Å²) in [4.78, 5) is 70.0. The Kier molecular flexibility index (Phi) is 13.2. The van der Waals surface area contributed by atoms with Crippen molar-refractivity contribution in [1.82, 2.24) is 28.4 Å². The molecular formula is C19H43N7O6P2. The molecule has 13 nitrogen and oxygen atoms in total. The highest BCUT2D eigenvalue weighted by Crippen LogP contribution is 2.08. The smallest absolute Gasteiger partial charge is 0.334 e. The Morgan fingerprint density at radius 2 is 1.26 bits per heavy atom. The van der Waals surface area contributed by atoms with E-state index in [-0.39, 0.29) is 56.6 Å². The van der Waals surface area contributed by atoms with Crippen molar-refractivity contribution < 1.29 is 16.7 Å². The normalized spacial score (nSPS) is 10.6. The van der Waals surface area contributed by atoms with E-state index in [0.717, 1.165) is 15.2 Å². The van der Waals surface area contributed by atoms with Crippen LogP contribution < -0.4 is 38.9 Å². The van der Waals surface area contributed by atoms with E-state index < -0.39 is 34.3 Å². The largest absolute Gasteiger partial charge is 0.354 e. The Labute approximate surface area is 207 Å². The quantitative estimate of drug-likeness (QED) is 0.338. The molecule has 200 valence electrons. The van der Waals surface area contributed by atoms with Crippen molar-refractivity contribution in [3.63, 3.8) is 0 Å². The van der Waals surface area contributed by atoms with Gasteiger partial charge >= 0.3 is 11.4 Å². The highest BCUT2D eigenvalue weighted by Gasteiger charge is 2.15. The third-order valence-corrected chi connectivity index (χ3v) is 6.17. The fourth-order valence-electron chi connectivity index (χ4n) is 2.81. The minimum Gasteiger partial charge on any atom is -0.354 e. The molecule has 2 rings (SSSR count). The average Bonchev–Trinajstić information content (AvgIpc) is 2.79. The second-order valence-electron chi connectivity index (χ2n) is 6.20. The van der Waals surface area contributed by atoms with Crippen LogP contribution in [-0.2, 0) is 13.1 Å². The number of rotatable bonds is 7. The van der Waals surface area contributed by atoms with Crippen molar-refractivity contribution in [2.24, 2.45) is 5.73 Å². The Hall–Kier alpha value is -2.88. The minimum atomic E-state index is -0.515. The Balaban J connectivity index is -0.000000121. The average molecular weight is 528 g/mol. The number of hydrogen-bond donors (Lipinski definition) is 3. The molecular weight excluding hydrogens is 484 g/mol. The van der Waals surface area contributed by atoms with Crippen LogP contribution in [0.15, 0.2) is 31.3 Å². The predicted molar refractivity (Wildman–Crippen MR) is 148 cm³/mol. The number of nitrogens with two attached hydrogens (primary N) is 1. The lowest BCUT2D eigenvalue weighted by molar-refractivity contribution is 0.0942. The van der Waals surface area contributed by atoms with Crippen LogP contribution in [0.4, 0.5) is 0 Å². The van der Waals surface area contributed by atoms with Crippen LogP contribution in [0.3, 0.4) is 0 Å². The van der Waals surface area contributed by atoms with Gasteiger partial charge < -0.3 is 16.4 Å². The van der Waals surface area contributed by atoms with Crippen molar-refractivity contribution in [1.29, 1.82) is 0 Å². The van der Waals surface area contributed by atoms with Crippen molar-refractivity contribution in [3.8, 4) is 0 Å². The van der Waals surface area contributed by atoms with E-state index in [0.29, 0.717) is 6.54 Å². The highest BCUT2D eigenvalue weighted by molar-refractivity contribution is 7.35. The number of amides is 2. The van der Waals surface area contributed by atoms with E-state index in [2.05, 4.69) is 10.6 Å². The van der Waals surface area contributed by atoms with E-state index in [1.54, 1.807) is 27.2 Å². The predicted octanol–water partition coefficient (Wildman–Crippen LogP) is 0.0743. The number of carbonyl (C=O) groups excluding carboxylic acids is 2. The summed E-state index contributed by atoms with van der Waals surface area (Å²) < 4.78 is 4.76. The third kappa shape index (κ3) is 6.82. The molecule has 0 radical (unpaired) electrons. The molecule has 0 aliphatic rings. The first-order valence-electron chi connectivity index (χ1n) is 9.92. The summed E-state index contributed by atoms with van der Waals surface area (Å²) in [6.07, 6.45) is 0. The molecule has 2 heterocycles. The maximum absolute atomic E-state index is 11.9. The molecule has 0 spiro atoms. The molecule has 0 saturated heterocycles. The van der Waals surface area contributed by atoms with Crippen LogP contribution >= 0.6 is 17.5 Å². The van der Waals surface area contributed by atoms with E-state index in [1.807, 2.05) is 0 Å². The van der Waals surface area contributed by atoms with Crippen molar-refractivity contribution in [2.75, 3.05) is 27.0 Å². The summed E-state index contributed by atoms with van der Waals surface area (Å²) in [6.45, 7) is 7.48. The second-order valence-corrected chi connectivity index (χ2v) is 7.99. The number of nitrogens with one attached hydrogen (secondary N) is 2. The summed E-state index contributed by atoms with van der Waals surface area (Å²) in [5, 5.41) is 4.77. The zero-order valence-corrected chi connectivity index (χ0v) is 21.1. The van der Waals surface area contributed by atoms with Crippen LogP contribution in [-0.4, -0.2) is 56.7 Å². The third-order valence-electron chi connectivity index (χ3n) is 4.41. The Morgan fingerprint density at radius 1 is 0.882 bits per heavy atom. The molecule has 0 bridgehead atoms. The molecule has 15 heteroatoms. The summed E-state index contributed by atoms with van der Waals surface area (Å²) in [7, 11) is 1.63. The lowest BCUT2D eigenvalue weighted by Crippen LogP contribution is -2.42. The van der Waals surface area contributed by atoms with Gasteiger partial charge in [0.1, 0.15) is 11.4 Å². The molecule has 34 heavy (non-hydrogen) atoms. The summed E-state index contributed by atoms with van der Waals surface area (Å²) >= 11 is 0. The molecule has 0 aliphatic carbocycles. The molecule has 0 saturated carbocycles. The van der Waals surface area contributed by atoms with Crippen molar-refractivity contribution in [2.45, 2.75) is 34.4 Å². The summed E-state index contributed by atoms with van der Waals surface area (Å²) in [6, 6.07) is 2.35. The highest BCUT2D eigenvalue weighted by atomic mass is 31.1. The van der Waals surface area contributed by atoms with Gasteiger partial charge in [-0.3, -0.25) is 37.0 Å². The summed E-state index contributed by atoms with van der Waals surface area (Å²) in [5.74, 6) is -0.939. The van der Waals surface area contributed by atoms with Crippen LogP contribution in [0.2, 0.25) is 0 Å². The molecule has 2 aromatic rings. The van der Waals surface area contributed by atoms with Crippen LogP contribution in [0, 0.1) is 0 Å². The number of hydrogen-bond acceptors (Lipinski definition) is 7. The molecule has 2 aromatic heterocycles.